The summed E-state index contributed by atoms with van der Waals surface area (Å²) in [5.41, 5.74) is 1.28. The van der Waals surface area contributed by atoms with Crippen LogP contribution in [0.3, 0.4) is 0 Å². The molecule has 84 valence electrons. The number of rotatable bonds is 5. The van der Waals surface area contributed by atoms with E-state index in [2.05, 4.69) is 32.2 Å². The molecule has 0 heterocycles. The van der Waals surface area contributed by atoms with Crippen molar-refractivity contribution in [3.63, 3.8) is 0 Å². The van der Waals surface area contributed by atoms with Gasteiger partial charge in [0.1, 0.15) is 0 Å². The summed E-state index contributed by atoms with van der Waals surface area (Å²) in [5, 5.41) is 4.37. The highest BCUT2D eigenvalue weighted by Gasteiger charge is 2.08. The third kappa shape index (κ3) is 4.23. The highest BCUT2D eigenvalue weighted by Crippen LogP contribution is 2.20. The van der Waals surface area contributed by atoms with Crippen molar-refractivity contribution in [1.82, 2.24) is 5.32 Å². The maximum atomic E-state index is 5.98. The highest BCUT2D eigenvalue weighted by molar-refractivity contribution is 6.30. The smallest absolute Gasteiger partial charge is 0.0409 e. The minimum absolute atomic E-state index is 0.422. The largest absolute Gasteiger partial charge is 0.310 e. The van der Waals surface area contributed by atoms with Crippen LogP contribution < -0.4 is 5.32 Å². The summed E-state index contributed by atoms with van der Waals surface area (Å²) in [6.07, 6.45) is 1.09. The van der Waals surface area contributed by atoms with E-state index in [0.717, 1.165) is 18.0 Å². The van der Waals surface area contributed by atoms with Gasteiger partial charge in [0, 0.05) is 11.1 Å². The lowest BCUT2D eigenvalue weighted by Crippen LogP contribution is -2.24. The zero-order chi connectivity index (χ0) is 11.3. The Labute approximate surface area is 97.8 Å². The molecule has 1 rings (SSSR count). The van der Waals surface area contributed by atoms with Crippen molar-refractivity contribution >= 4 is 11.6 Å². The lowest BCUT2D eigenvalue weighted by atomic mass is 10.0. The molecule has 0 spiro atoms. The second-order valence-electron chi connectivity index (χ2n) is 4.32. The van der Waals surface area contributed by atoms with E-state index in [0.29, 0.717) is 12.0 Å². The van der Waals surface area contributed by atoms with Crippen LogP contribution in [0.1, 0.15) is 38.8 Å². The molecule has 0 radical (unpaired) electrons. The Hall–Kier alpha value is -0.530. The number of hydrogen-bond acceptors (Lipinski definition) is 1. The zero-order valence-electron chi connectivity index (χ0n) is 9.76. The molecular formula is C13H20ClN. The summed E-state index contributed by atoms with van der Waals surface area (Å²) in [7, 11) is 0. The van der Waals surface area contributed by atoms with Crippen molar-refractivity contribution < 1.29 is 0 Å². The summed E-state index contributed by atoms with van der Waals surface area (Å²) < 4.78 is 0. The third-order valence-electron chi connectivity index (χ3n) is 2.43. The minimum atomic E-state index is 0.422. The zero-order valence-corrected chi connectivity index (χ0v) is 10.5. The maximum Gasteiger partial charge on any atom is 0.0409 e. The van der Waals surface area contributed by atoms with Crippen LogP contribution in [0.25, 0.3) is 0 Å². The molecular weight excluding hydrogens is 206 g/mol. The van der Waals surface area contributed by atoms with Crippen LogP contribution in [0.15, 0.2) is 24.3 Å². The average Bonchev–Trinajstić information content (AvgIpc) is 2.18. The number of benzene rings is 1. The Bertz CT molecular complexity index is 296. The SMILES string of the molecule is CCC(NCC(C)C)c1cccc(Cl)c1. The van der Waals surface area contributed by atoms with Gasteiger partial charge < -0.3 is 5.32 Å². The van der Waals surface area contributed by atoms with Crippen molar-refractivity contribution in [1.29, 1.82) is 0 Å². The standard InChI is InChI=1S/C13H20ClN/c1-4-13(15-9-10(2)3)11-6-5-7-12(14)8-11/h5-8,10,13,15H,4,9H2,1-3H3. The first-order chi connectivity index (χ1) is 7.13. The minimum Gasteiger partial charge on any atom is -0.310 e. The van der Waals surface area contributed by atoms with Crippen LogP contribution >= 0.6 is 11.6 Å². The molecule has 0 aliphatic rings. The molecule has 0 bridgehead atoms. The van der Waals surface area contributed by atoms with Gasteiger partial charge in [0.25, 0.3) is 0 Å². The summed E-state index contributed by atoms with van der Waals surface area (Å²) in [6, 6.07) is 8.53. The van der Waals surface area contributed by atoms with Gasteiger partial charge in [-0.15, -0.1) is 0 Å². The first-order valence-corrected chi connectivity index (χ1v) is 6.00. The number of nitrogens with one attached hydrogen (secondary N) is 1. The molecule has 0 aliphatic heterocycles. The lowest BCUT2D eigenvalue weighted by Gasteiger charge is -2.19. The molecule has 15 heavy (non-hydrogen) atoms. The van der Waals surface area contributed by atoms with Crippen molar-refractivity contribution in [2.24, 2.45) is 5.92 Å². The summed E-state index contributed by atoms with van der Waals surface area (Å²) >= 11 is 5.98. The Kier molecular flexibility index (Phi) is 5.13. The van der Waals surface area contributed by atoms with Gasteiger partial charge in [-0.3, -0.25) is 0 Å². The van der Waals surface area contributed by atoms with Crippen molar-refractivity contribution in [3.8, 4) is 0 Å². The Morgan fingerprint density at radius 2 is 2.07 bits per heavy atom. The monoisotopic (exact) mass is 225 g/mol. The first-order valence-electron chi connectivity index (χ1n) is 5.62. The van der Waals surface area contributed by atoms with Crippen LogP contribution in [0.5, 0.6) is 0 Å². The molecule has 2 heteroatoms. The molecule has 0 aliphatic carbocycles. The fourth-order valence-electron chi connectivity index (χ4n) is 1.60. The van der Waals surface area contributed by atoms with Gasteiger partial charge in [0.15, 0.2) is 0 Å². The first kappa shape index (κ1) is 12.5. The fourth-order valence-corrected chi connectivity index (χ4v) is 1.80. The molecule has 1 N–H and O–H groups in total. The van der Waals surface area contributed by atoms with Crippen LogP contribution in [0.4, 0.5) is 0 Å². The van der Waals surface area contributed by atoms with E-state index in [9.17, 15) is 0 Å². The van der Waals surface area contributed by atoms with E-state index in [1.165, 1.54) is 5.56 Å². The molecule has 0 aromatic heterocycles. The van der Waals surface area contributed by atoms with Gasteiger partial charge in [0.05, 0.1) is 0 Å². The Morgan fingerprint density at radius 3 is 2.60 bits per heavy atom. The van der Waals surface area contributed by atoms with Gasteiger partial charge >= 0.3 is 0 Å². The topological polar surface area (TPSA) is 12.0 Å². The lowest BCUT2D eigenvalue weighted by molar-refractivity contribution is 0.465. The van der Waals surface area contributed by atoms with Gasteiger partial charge in [-0.2, -0.15) is 0 Å². The predicted molar refractivity (Wildman–Crippen MR) is 67.3 cm³/mol. The van der Waals surface area contributed by atoms with Crippen LogP contribution in [-0.4, -0.2) is 6.54 Å². The third-order valence-corrected chi connectivity index (χ3v) is 2.67. The molecule has 1 aromatic carbocycles. The van der Waals surface area contributed by atoms with Crippen molar-refractivity contribution in [3.05, 3.63) is 34.9 Å². The fraction of sp³-hybridized carbons (Fsp3) is 0.538. The second kappa shape index (κ2) is 6.14. The Morgan fingerprint density at radius 1 is 1.33 bits per heavy atom. The summed E-state index contributed by atoms with van der Waals surface area (Å²) in [6.45, 7) is 7.68. The molecule has 1 atom stereocenters. The van der Waals surface area contributed by atoms with Gasteiger partial charge in [-0.05, 0) is 36.6 Å². The second-order valence-corrected chi connectivity index (χ2v) is 4.75. The van der Waals surface area contributed by atoms with Crippen molar-refractivity contribution in [2.75, 3.05) is 6.54 Å². The van der Waals surface area contributed by atoms with Gasteiger partial charge in [-0.25, -0.2) is 0 Å². The number of halogens is 1. The molecule has 1 aromatic rings. The molecule has 0 amide bonds. The molecule has 0 saturated carbocycles. The summed E-state index contributed by atoms with van der Waals surface area (Å²) in [5.74, 6) is 0.679. The van der Waals surface area contributed by atoms with E-state index in [-0.39, 0.29) is 0 Å². The number of hydrogen-bond donors (Lipinski definition) is 1. The van der Waals surface area contributed by atoms with Gasteiger partial charge in [-0.1, -0.05) is 44.5 Å². The average molecular weight is 226 g/mol. The maximum absolute atomic E-state index is 5.98. The van der Waals surface area contributed by atoms with E-state index in [1.54, 1.807) is 0 Å². The van der Waals surface area contributed by atoms with E-state index >= 15 is 0 Å². The Balaban J connectivity index is 2.65. The van der Waals surface area contributed by atoms with E-state index < -0.39 is 0 Å². The quantitative estimate of drug-likeness (QED) is 0.798. The van der Waals surface area contributed by atoms with Crippen LogP contribution in [-0.2, 0) is 0 Å². The molecule has 1 unspecified atom stereocenters. The molecule has 0 fully saturated rings. The molecule has 1 nitrogen and oxygen atoms in total. The van der Waals surface area contributed by atoms with E-state index in [1.807, 2.05) is 18.2 Å². The predicted octanol–water partition coefficient (Wildman–Crippen LogP) is 4.04. The van der Waals surface area contributed by atoms with Crippen LogP contribution in [0.2, 0.25) is 5.02 Å². The normalized spacial score (nSPS) is 13.1. The van der Waals surface area contributed by atoms with Gasteiger partial charge in [0.2, 0.25) is 0 Å². The van der Waals surface area contributed by atoms with E-state index in [4.69, 9.17) is 11.6 Å². The highest BCUT2D eigenvalue weighted by atomic mass is 35.5. The molecule has 0 saturated heterocycles. The summed E-state index contributed by atoms with van der Waals surface area (Å²) in [4.78, 5) is 0. The van der Waals surface area contributed by atoms with Crippen LogP contribution in [0, 0.1) is 5.92 Å². The van der Waals surface area contributed by atoms with Crippen molar-refractivity contribution in [2.45, 2.75) is 33.2 Å².